The number of carbonyl (C=O) groups excluding carboxylic acids is 1. The van der Waals surface area contributed by atoms with Crippen LogP contribution in [-0.2, 0) is 11.3 Å². The Morgan fingerprint density at radius 1 is 1.38 bits per heavy atom. The van der Waals surface area contributed by atoms with E-state index >= 15 is 0 Å². The third kappa shape index (κ3) is 3.24. The van der Waals surface area contributed by atoms with Crippen LogP contribution in [0.25, 0.3) is 0 Å². The molecule has 5 heteroatoms. The molecule has 1 aromatic carbocycles. The van der Waals surface area contributed by atoms with E-state index in [0.29, 0.717) is 0 Å². The monoisotopic (exact) mass is 287 g/mol. The first-order valence-corrected chi connectivity index (χ1v) is 6.94. The summed E-state index contributed by atoms with van der Waals surface area (Å²) >= 11 is 0. The van der Waals surface area contributed by atoms with Crippen molar-refractivity contribution >= 4 is 5.91 Å². The second-order valence-corrected chi connectivity index (χ2v) is 5.32. The highest BCUT2D eigenvalue weighted by molar-refractivity contribution is 5.76. The maximum atomic E-state index is 12.4. The third-order valence-corrected chi connectivity index (χ3v) is 3.75. The predicted molar refractivity (Wildman–Crippen MR) is 81.0 cm³/mol. The second kappa shape index (κ2) is 5.99. The summed E-state index contributed by atoms with van der Waals surface area (Å²) < 4.78 is 1.70. The van der Waals surface area contributed by atoms with Gasteiger partial charge in [0.15, 0.2) is 0 Å². The highest BCUT2D eigenvalue weighted by Gasteiger charge is 2.20. The van der Waals surface area contributed by atoms with Crippen molar-refractivity contribution in [3.63, 3.8) is 0 Å². The van der Waals surface area contributed by atoms with E-state index in [-0.39, 0.29) is 24.2 Å². The Morgan fingerprint density at radius 3 is 2.62 bits per heavy atom. The third-order valence-electron chi connectivity index (χ3n) is 3.75. The lowest BCUT2D eigenvalue weighted by Crippen LogP contribution is -2.33. The number of amides is 1. The second-order valence-electron chi connectivity index (χ2n) is 5.32. The Balaban J connectivity index is 2.12. The van der Waals surface area contributed by atoms with Crippen molar-refractivity contribution in [2.75, 3.05) is 7.05 Å². The van der Waals surface area contributed by atoms with Gasteiger partial charge in [0.1, 0.15) is 12.3 Å². The standard InChI is InChI=1S/C16H21N3O2/c1-11-9-12(2)19(17-11)10-16(21)18(4)13(3)14-7-5-6-8-15(14)20/h5-9,13,20H,10H2,1-4H3. The fraction of sp³-hybridized carbons (Fsp3) is 0.375. The van der Waals surface area contributed by atoms with Gasteiger partial charge in [0.2, 0.25) is 5.91 Å². The van der Waals surface area contributed by atoms with Crippen molar-refractivity contribution in [3.8, 4) is 5.75 Å². The molecule has 0 saturated carbocycles. The van der Waals surface area contributed by atoms with E-state index in [1.165, 1.54) is 0 Å². The number of nitrogens with zero attached hydrogens (tertiary/aromatic N) is 3. The van der Waals surface area contributed by atoms with Gasteiger partial charge >= 0.3 is 0 Å². The minimum atomic E-state index is -0.198. The van der Waals surface area contributed by atoms with Crippen molar-refractivity contribution < 1.29 is 9.90 Å². The summed E-state index contributed by atoms with van der Waals surface area (Å²) in [6.07, 6.45) is 0. The molecule has 2 rings (SSSR count). The van der Waals surface area contributed by atoms with Crippen LogP contribution in [0.5, 0.6) is 5.75 Å². The number of benzene rings is 1. The number of hydrogen-bond acceptors (Lipinski definition) is 3. The van der Waals surface area contributed by atoms with Crippen molar-refractivity contribution in [2.45, 2.75) is 33.4 Å². The topological polar surface area (TPSA) is 58.4 Å². The zero-order valence-corrected chi connectivity index (χ0v) is 12.9. The van der Waals surface area contributed by atoms with Gasteiger partial charge in [0, 0.05) is 18.3 Å². The summed E-state index contributed by atoms with van der Waals surface area (Å²) in [5.41, 5.74) is 2.60. The van der Waals surface area contributed by atoms with Crippen LogP contribution in [-0.4, -0.2) is 32.7 Å². The molecule has 1 amide bonds. The number of phenolic OH excluding ortho intramolecular Hbond substituents is 1. The number of carbonyl (C=O) groups is 1. The van der Waals surface area contributed by atoms with Gasteiger partial charge in [-0.1, -0.05) is 18.2 Å². The van der Waals surface area contributed by atoms with Gasteiger partial charge in [0.05, 0.1) is 11.7 Å². The Hall–Kier alpha value is -2.30. The fourth-order valence-electron chi connectivity index (χ4n) is 2.34. The van der Waals surface area contributed by atoms with Crippen molar-refractivity contribution in [2.24, 2.45) is 0 Å². The van der Waals surface area contributed by atoms with E-state index in [0.717, 1.165) is 17.0 Å². The maximum Gasteiger partial charge on any atom is 0.244 e. The smallest absolute Gasteiger partial charge is 0.244 e. The number of phenols is 1. The molecule has 0 aliphatic rings. The van der Waals surface area contributed by atoms with Crippen molar-refractivity contribution in [3.05, 3.63) is 47.3 Å². The molecule has 1 heterocycles. The van der Waals surface area contributed by atoms with Crippen LogP contribution >= 0.6 is 0 Å². The molecule has 0 aliphatic heterocycles. The SMILES string of the molecule is Cc1cc(C)n(CC(=O)N(C)C(C)c2ccccc2O)n1. The molecule has 1 atom stereocenters. The molecule has 0 saturated heterocycles. The number of aromatic nitrogens is 2. The number of para-hydroxylation sites is 1. The highest BCUT2D eigenvalue weighted by atomic mass is 16.3. The first-order chi connectivity index (χ1) is 9.90. The minimum absolute atomic E-state index is 0.0445. The lowest BCUT2D eigenvalue weighted by molar-refractivity contribution is -0.132. The molecular weight excluding hydrogens is 266 g/mol. The van der Waals surface area contributed by atoms with Crippen LogP contribution in [0.4, 0.5) is 0 Å². The van der Waals surface area contributed by atoms with Gasteiger partial charge in [-0.25, -0.2) is 0 Å². The van der Waals surface area contributed by atoms with E-state index in [9.17, 15) is 9.90 Å². The van der Waals surface area contributed by atoms with Crippen LogP contribution in [0, 0.1) is 13.8 Å². The summed E-state index contributed by atoms with van der Waals surface area (Å²) in [6.45, 7) is 5.93. The molecule has 2 aromatic rings. The Bertz CT molecular complexity index is 649. The van der Waals surface area contributed by atoms with Gasteiger partial charge < -0.3 is 10.0 Å². The molecule has 21 heavy (non-hydrogen) atoms. The predicted octanol–water partition coefficient (Wildman–Crippen LogP) is 2.43. The number of likely N-dealkylation sites (N-methyl/N-ethyl adjacent to an activating group) is 1. The van der Waals surface area contributed by atoms with Gasteiger partial charge in [-0.3, -0.25) is 9.48 Å². The first kappa shape index (κ1) is 15.1. The molecule has 1 aromatic heterocycles. The molecule has 0 radical (unpaired) electrons. The first-order valence-electron chi connectivity index (χ1n) is 6.94. The molecule has 112 valence electrons. The van der Waals surface area contributed by atoms with E-state index in [2.05, 4.69) is 5.10 Å². The average molecular weight is 287 g/mol. The molecule has 0 fully saturated rings. The van der Waals surface area contributed by atoms with Crippen LogP contribution in [0.3, 0.4) is 0 Å². The molecule has 0 bridgehead atoms. The lowest BCUT2D eigenvalue weighted by Gasteiger charge is -2.26. The Kier molecular flexibility index (Phi) is 4.31. The normalized spacial score (nSPS) is 12.2. The van der Waals surface area contributed by atoms with Gasteiger partial charge in [0.25, 0.3) is 0 Å². The fourth-order valence-corrected chi connectivity index (χ4v) is 2.34. The van der Waals surface area contributed by atoms with E-state index in [1.807, 2.05) is 39.0 Å². The lowest BCUT2D eigenvalue weighted by atomic mass is 10.1. The summed E-state index contributed by atoms with van der Waals surface area (Å²) in [6, 6.07) is 8.82. The molecule has 1 unspecified atom stereocenters. The van der Waals surface area contributed by atoms with Crippen LogP contribution in [0.1, 0.15) is 29.9 Å². The summed E-state index contributed by atoms with van der Waals surface area (Å²) in [5.74, 6) is 0.160. The molecule has 0 aliphatic carbocycles. The summed E-state index contributed by atoms with van der Waals surface area (Å²) in [5, 5.41) is 14.2. The quantitative estimate of drug-likeness (QED) is 0.939. The largest absolute Gasteiger partial charge is 0.508 e. The van der Waals surface area contributed by atoms with Gasteiger partial charge in [-0.15, -0.1) is 0 Å². The molecule has 5 nitrogen and oxygen atoms in total. The highest BCUT2D eigenvalue weighted by Crippen LogP contribution is 2.27. The number of aryl methyl sites for hydroxylation is 2. The zero-order chi connectivity index (χ0) is 15.6. The average Bonchev–Trinajstić information content (AvgIpc) is 2.75. The summed E-state index contributed by atoms with van der Waals surface area (Å²) in [7, 11) is 1.74. The number of rotatable bonds is 4. The Morgan fingerprint density at radius 2 is 2.05 bits per heavy atom. The number of aromatic hydroxyl groups is 1. The molecule has 0 spiro atoms. The van der Waals surface area contributed by atoms with Crippen molar-refractivity contribution in [1.82, 2.24) is 14.7 Å². The van der Waals surface area contributed by atoms with E-state index in [1.54, 1.807) is 28.8 Å². The van der Waals surface area contributed by atoms with Gasteiger partial charge in [-0.05, 0) is 32.9 Å². The van der Waals surface area contributed by atoms with Crippen LogP contribution in [0.15, 0.2) is 30.3 Å². The number of hydrogen-bond donors (Lipinski definition) is 1. The van der Waals surface area contributed by atoms with E-state index in [4.69, 9.17) is 0 Å². The van der Waals surface area contributed by atoms with Crippen molar-refractivity contribution in [1.29, 1.82) is 0 Å². The van der Waals surface area contributed by atoms with Crippen LogP contribution < -0.4 is 0 Å². The van der Waals surface area contributed by atoms with Crippen LogP contribution in [0.2, 0.25) is 0 Å². The zero-order valence-electron chi connectivity index (χ0n) is 12.9. The molecular formula is C16H21N3O2. The van der Waals surface area contributed by atoms with Gasteiger partial charge in [-0.2, -0.15) is 5.10 Å². The minimum Gasteiger partial charge on any atom is -0.508 e. The summed E-state index contributed by atoms with van der Waals surface area (Å²) in [4.78, 5) is 14.0. The maximum absolute atomic E-state index is 12.4. The molecule has 1 N–H and O–H groups in total. The Labute approximate surface area is 124 Å². The van der Waals surface area contributed by atoms with E-state index < -0.39 is 0 Å².